The molecule has 3 aromatic carbocycles. The number of rotatable bonds is 12. The van der Waals surface area contributed by atoms with E-state index in [0.717, 1.165) is 100 Å². The van der Waals surface area contributed by atoms with Gasteiger partial charge in [0.2, 0.25) is 12.1 Å². The first kappa shape index (κ1) is 42.1. The Morgan fingerprint density at radius 3 is 2.40 bits per heavy atom. The molecule has 3 aromatic heterocycles. The SMILES string of the molecule is COCNC(C)C(=O)C1CC(c2ncc(-c3ccc4c(c3)cc3n4C(c4ccccc4)Oc4cc(-c5cnc(C6CCCN6C(=O)C(C)NC(=O)OC)[nH]5)ccc4-3)[nH]2)CCCC1C. The summed E-state index contributed by atoms with van der Waals surface area (Å²) in [5.41, 5.74) is 7.82. The van der Waals surface area contributed by atoms with E-state index in [2.05, 4.69) is 86.7 Å². The van der Waals surface area contributed by atoms with Crippen molar-refractivity contribution in [1.82, 2.24) is 40.0 Å². The van der Waals surface area contributed by atoms with E-state index >= 15 is 0 Å². The van der Waals surface area contributed by atoms with Gasteiger partial charge in [0.05, 0.1) is 60.9 Å². The van der Waals surface area contributed by atoms with Crippen molar-refractivity contribution in [2.24, 2.45) is 11.8 Å². The molecule has 7 unspecified atom stereocenters. The van der Waals surface area contributed by atoms with Crippen LogP contribution in [0.5, 0.6) is 5.75 Å². The number of carbonyl (C=O) groups is 3. The quantitative estimate of drug-likeness (QED) is 0.0697. The van der Waals surface area contributed by atoms with Gasteiger partial charge in [-0.1, -0.05) is 55.8 Å². The van der Waals surface area contributed by atoms with Crippen molar-refractivity contribution in [3.8, 4) is 39.5 Å². The number of fused-ring (bicyclic) bond motifs is 5. The number of nitrogens with zero attached hydrogens (tertiary/aromatic N) is 4. The van der Waals surface area contributed by atoms with Gasteiger partial charge in [0.15, 0.2) is 5.78 Å². The van der Waals surface area contributed by atoms with Crippen LogP contribution in [-0.4, -0.2) is 86.8 Å². The van der Waals surface area contributed by atoms with E-state index < -0.39 is 18.4 Å². The molecule has 14 nitrogen and oxygen atoms in total. The Morgan fingerprint density at radius 2 is 1.62 bits per heavy atom. The van der Waals surface area contributed by atoms with Gasteiger partial charge in [-0.3, -0.25) is 14.9 Å². The molecule has 7 atom stereocenters. The number of nitrogens with one attached hydrogen (secondary N) is 4. The molecule has 2 fully saturated rings. The van der Waals surface area contributed by atoms with Crippen LogP contribution >= 0.6 is 0 Å². The Labute approximate surface area is 367 Å². The molecule has 1 aliphatic carbocycles. The van der Waals surface area contributed by atoms with E-state index in [1.54, 1.807) is 18.9 Å². The van der Waals surface area contributed by atoms with E-state index in [9.17, 15) is 14.4 Å². The van der Waals surface area contributed by atoms with Gasteiger partial charge in [-0.2, -0.15) is 0 Å². The summed E-state index contributed by atoms with van der Waals surface area (Å²) in [7, 11) is 2.91. The number of ether oxygens (including phenoxy) is 3. The molecule has 63 heavy (non-hydrogen) atoms. The van der Waals surface area contributed by atoms with Crippen molar-refractivity contribution in [3.63, 3.8) is 0 Å². The smallest absolute Gasteiger partial charge is 0.407 e. The number of imidazole rings is 2. The maximum absolute atomic E-state index is 13.6. The van der Waals surface area contributed by atoms with Crippen molar-refractivity contribution in [1.29, 1.82) is 0 Å². The summed E-state index contributed by atoms with van der Waals surface area (Å²) in [6.07, 6.45) is 8.13. The number of carbonyl (C=O) groups excluding carboxylic acids is 3. The first-order valence-electron chi connectivity index (χ1n) is 22.1. The lowest BCUT2D eigenvalue weighted by molar-refractivity contribution is -0.134. The standard InChI is InChI=1S/C49H56N8O6/c1-28-11-9-14-34(22-37(28)44(58)29(2)52-27-61-4)45-50-25-38(54-45)32-17-19-40-35(21-32)23-42-36-18-16-33(24-43(36)63-48(57(40)42)31-12-7-6-8-13-31)39-26-51-46(55-39)41-15-10-20-56(41)47(59)30(3)53-49(60)62-5/h6-8,12-13,16-19,21,23-26,28-30,34,37,41,48,52H,9-11,14-15,20,22,27H2,1-5H3,(H,50,54)(H,51,55)(H,53,60). The number of methoxy groups -OCH3 is 2. The number of hydrogen-bond acceptors (Lipinski definition) is 9. The van der Waals surface area contributed by atoms with Crippen LogP contribution in [0.4, 0.5) is 4.79 Å². The average Bonchev–Trinajstić information content (AvgIpc) is 4.14. The fraction of sp³-hybridized carbons (Fsp3) is 0.408. The normalized spacial score (nSPS) is 21.8. The van der Waals surface area contributed by atoms with Crippen LogP contribution in [0.2, 0.25) is 0 Å². The second-order valence-electron chi connectivity index (χ2n) is 17.4. The largest absolute Gasteiger partial charge is 0.465 e. The zero-order valence-corrected chi connectivity index (χ0v) is 36.5. The molecule has 14 heteroatoms. The number of benzene rings is 3. The number of ketones is 1. The Bertz CT molecular complexity index is 2620. The summed E-state index contributed by atoms with van der Waals surface area (Å²) < 4.78 is 19.1. The molecule has 2 aliphatic heterocycles. The van der Waals surface area contributed by atoms with Gasteiger partial charge in [0, 0.05) is 53.1 Å². The molecular formula is C49H56N8O6. The van der Waals surface area contributed by atoms with E-state index in [1.165, 1.54) is 7.11 Å². The summed E-state index contributed by atoms with van der Waals surface area (Å²) in [6.45, 7) is 6.74. The summed E-state index contributed by atoms with van der Waals surface area (Å²) in [5, 5.41) is 6.87. The van der Waals surface area contributed by atoms with E-state index in [0.29, 0.717) is 25.0 Å². The first-order valence-corrected chi connectivity index (χ1v) is 22.1. The lowest BCUT2D eigenvalue weighted by Crippen LogP contribution is -2.46. The van der Waals surface area contributed by atoms with Gasteiger partial charge in [0.25, 0.3) is 0 Å². The van der Waals surface area contributed by atoms with Crippen molar-refractivity contribution in [3.05, 3.63) is 102 Å². The molecule has 0 spiro atoms. The predicted molar refractivity (Wildman–Crippen MR) is 240 cm³/mol. The fourth-order valence-corrected chi connectivity index (χ4v) is 9.89. The average molecular weight is 853 g/mol. The molecule has 1 saturated heterocycles. The monoisotopic (exact) mass is 852 g/mol. The number of alkyl carbamates (subject to hydrolysis) is 1. The molecule has 9 rings (SSSR count). The molecule has 6 aromatic rings. The lowest BCUT2D eigenvalue weighted by atomic mass is 9.81. The van der Waals surface area contributed by atoms with Crippen LogP contribution in [0.3, 0.4) is 0 Å². The molecule has 0 radical (unpaired) electrons. The van der Waals surface area contributed by atoms with Gasteiger partial charge < -0.3 is 39.0 Å². The van der Waals surface area contributed by atoms with E-state index in [-0.39, 0.29) is 35.6 Å². The molecule has 328 valence electrons. The minimum atomic E-state index is -0.727. The van der Waals surface area contributed by atoms with E-state index in [4.69, 9.17) is 24.2 Å². The molecule has 5 heterocycles. The van der Waals surface area contributed by atoms with Crippen LogP contribution < -0.4 is 15.4 Å². The Morgan fingerprint density at radius 1 is 0.873 bits per heavy atom. The van der Waals surface area contributed by atoms with Crippen LogP contribution in [0.15, 0.2) is 85.2 Å². The first-order chi connectivity index (χ1) is 30.6. The topological polar surface area (TPSA) is 168 Å². The third-order valence-electron chi connectivity index (χ3n) is 13.4. The Hall–Kier alpha value is -6.25. The zero-order valence-electron chi connectivity index (χ0n) is 36.5. The molecule has 2 amide bonds. The zero-order chi connectivity index (χ0) is 43.8. The summed E-state index contributed by atoms with van der Waals surface area (Å²) in [4.78, 5) is 57.3. The van der Waals surface area contributed by atoms with Gasteiger partial charge in [-0.05, 0) is 82.2 Å². The van der Waals surface area contributed by atoms with Crippen molar-refractivity contribution in [2.75, 3.05) is 27.5 Å². The molecule has 1 saturated carbocycles. The van der Waals surface area contributed by atoms with Gasteiger partial charge in [-0.15, -0.1) is 0 Å². The Kier molecular flexibility index (Phi) is 11.9. The highest BCUT2D eigenvalue weighted by Gasteiger charge is 2.37. The third kappa shape index (κ3) is 8.25. The number of hydrogen-bond donors (Lipinski definition) is 4. The van der Waals surface area contributed by atoms with Gasteiger partial charge >= 0.3 is 6.09 Å². The van der Waals surface area contributed by atoms with Crippen molar-refractivity contribution >= 4 is 28.7 Å². The number of Topliss-reactive ketones (excluding diaryl/α,β-unsaturated/α-hetero) is 1. The summed E-state index contributed by atoms with van der Waals surface area (Å²) in [6, 6.07) is 24.0. The fourth-order valence-electron chi connectivity index (χ4n) is 9.89. The van der Waals surface area contributed by atoms with Crippen LogP contribution in [0.25, 0.3) is 44.7 Å². The number of aromatic amines is 2. The molecule has 3 aliphatic rings. The second-order valence-corrected chi connectivity index (χ2v) is 17.4. The minimum absolute atomic E-state index is 0.0433. The highest BCUT2D eigenvalue weighted by atomic mass is 16.5. The van der Waals surface area contributed by atoms with Crippen LogP contribution in [-0.2, 0) is 19.1 Å². The molecule has 4 N–H and O–H groups in total. The Balaban J connectivity index is 0.994. The van der Waals surface area contributed by atoms with Gasteiger partial charge in [0.1, 0.15) is 23.4 Å². The summed E-state index contributed by atoms with van der Waals surface area (Å²) >= 11 is 0. The van der Waals surface area contributed by atoms with Gasteiger partial charge in [-0.25, -0.2) is 14.8 Å². The van der Waals surface area contributed by atoms with E-state index in [1.807, 2.05) is 37.5 Å². The highest BCUT2D eigenvalue weighted by Crippen LogP contribution is 2.46. The minimum Gasteiger partial charge on any atom is -0.465 e. The number of amides is 2. The molecule has 0 bridgehead atoms. The number of H-pyrrole nitrogens is 2. The van der Waals surface area contributed by atoms with Crippen LogP contribution in [0, 0.1) is 11.8 Å². The second kappa shape index (κ2) is 17.9. The lowest BCUT2D eigenvalue weighted by Gasteiger charge is -2.30. The maximum atomic E-state index is 13.6. The van der Waals surface area contributed by atoms with Crippen molar-refractivity contribution < 1.29 is 28.6 Å². The molecular weight excluding hydrogens is 797 g/mol. The number of likely N-dealkylation sites (tertiary alicyclic amines) is 1. The van der Waals surface area contributed by atoms with Crippen LogP contribution in [0.1, 0.15) is 94.7 Å². The predicted octanol–water partition coefficient (Wildman–Crippen LogP) is 8.50. The number of aromatic nitrogens is 5. The highest BCUT2D eigenvalue weighted by molar-refractivity contribution is 5.92. The van der Waals surface area contributed by atoms with Crippen molar-refractivity contribution in [2.45, 2.75) is 89.6 Å². The summed E-state index contributed by atoms with van der Waals surface area (Å²) in [5.74, 6) is 2.90. The maximum Gasteiger partial charge on any atom is 0.407 e. The third-order valence-corrected chi connectivity index (χ3v) is 13.4.